The molecule has 1 N–H and O–H groups in total. The number of benzene rings is 1. The van der Waals surface area contributed by atoms with Crippen molar-refractivity contribution in [2.24, 2.45) is 0 Å². The van der Waals surface area contributed by atoms with Gasteiger partial charge in [0.25, 0.3) is 0 Å². The summed E-state index contributed by atoms with van der Waals surface area (Å²) < 4.78 is 12.9. The number of hydrogen-bond donors (Lipinski definition) is 1. The number of pyridine rings is 1. The van der Waals surface area contributed by atoms with Crippen LogP contribution in [0.2, 0.25) is 0 Å². The Morgan fingerprint density at radius 3 is 2.39 bits per heavy atom. The molecule has 0 amide bonds. The molecule has 0 fully saturated rings. The van der Waals surface area contributed by atoms with Gasteiger partial charge >= 0.3 is 0 Å². The van der Waals surface area contributed by atoms with Crippen LogP contribution in [0.5, 0.6) is 0 Å². The topological polar surface area (TPSA) is 28.2 Å². The van der Waals surface area contributed by atoms with Crippen molar-refractivity contribution in [2.45, 2.75) is 13.8 Å². The molecule has 0 spiro atoms. The monoisotopic (exact) mass is 245 g/mol. The number of nitrogens with zero attached hydrogens (tertiary/aromatic N) is 2. The number of rotatable bonds is 3. The van der Waals surface area contributed by atoms with Gasteiger partial charge in [-0.3, -0.25) is 9.99 Å². The van der Waals surface area contributed by atoms with Crippen LogP contribution in [0.15, 0.2) is 36.7 Å². The molecular weight excluding hydrogens is 229 g/mol. The summed E-state index contributed by atoms with van der Waals surface area (Å²) in [5.74, 6) is -0.242. The van der Waals surface area contributed by atoms with Gasteiger partial charge in [0, 0.05) is 13.2 Å². The maximum absolute atomic E-state index is 12.9. The van der Waals surface area contributed by atoms with Crippen molar-refractivity contribution in [3.05, 3.63) is 53.6 Å². The van der Waals surface area contributed by atoms with Gasteiger partial charge in [0.05, 0.1) is 17.6 Å². The lowest BCUT2D eigenvalue weighted by Gasteiger charge is -2.25. The first-order valence-corrected chi connectivity index (χ1v) is 5.77. The second kappa shape index (κ2) is 5.14. The average molecular weight is 245 g/mol. The molecule has 0 saturated heterocycles. The highest BCUT2D eigenvalue weighted by atomic mass is 19.1. The first kappa shape index (κ1) is 12.5. The van der Waals surface area contributed by atoms with Gasteiger partial charge in [0.1, 0.15) is 5.82 Å². The van der Waals surface area contributed by atoms with Crippen LogP contribution in [0.25, 0.3) is 0 Å². The molecule has 0 unspecified atom stereocenters. The third-order valence-electron chi connectivity index (χ3n) is 2.99. The molecular formula is C14H16FN3. The van der Waals surface area contributed by atoms with E-state index in [0.717, 1.165) is 22.5 Å². The molecule has 18 heavy (non-hydrogen) atoms. The molecule has 0 bridgehead atoms. The molecule has 3 nitrogen and oxygen atoms in total. The van der Waals surface area contributed by atoms with E-state index in [1.807, 2.05) is 32.1 Å². The molecule has 0 aliphatic carbocycles. The van der Waals surface area contributed by atoms with Crippen LogP contribution >= 0.6 is 0 Å². The van der Waals surface area contributed by atoms with E-state index in [4.69, 9.17) is 0 Å². The Morgan fingerprint density at radius 1 is 1.11 bits per heavy atom. The van der Waals surface area contributed by atoms with Crippen molar-refractivity contribution in [2.75, 3.05) is 12.1 Å². The van der Waals surface area contributed by atoms with Crippen LogP contribution < -0.4 is 10.4 Å². The molecule has 94 valence electrons. The number of halogens is 1. The van der Waals surface area contributed by atoms with E-state index in [0.29, 0.717) is 0 Å². The minimum Gasteiger partial charge on any atom is -0.275 e. The molecule has 0 radical (unpaired) electrons. The molecule has 0 atom stereocenters. The Balaban J connectivity index is 2.45. The zero-order valence-electron chi connectivity index (χ0n) is 10.7. The van der Waals surface area contributed by atoms with Gasteiger partial charge in [0.15, 0.2) is 0 Å². The quantitative estimate of drug-likeness (QED) is 0.842. The maximum Gasteiger partial charge on any atom is 0.123 e. The minimum atomic E-state index is -0.242. The molecule has 1 aromatic heterocycles. The largest absolute Gasteiger partial charge is 0.275 e. The zero-order valence-corrected chi connectivity index (χ0v) is 10.7. The predicted octanol–water partition coefficient (Wildman–Crippen LogP) is 3.11. The Hall–Kier alpha value is -1.94. The van der Waals surface area contributed by atoms with Gasteiger partial charge in [-0.2, -0.15) is 0 Å². The highest BCUT2D eigenvalue weighted by molar-refractivity contribution is 5.65. The van der Waals surface area contributed by atoms with Gasteiger partial charge in [-0.1, -0.05) is 0 Å². The number of hydrogen-bond acceptors (Lipinski definition) is 3. The lowest BCUT2D eigenvalue weighted by Crippen LogP contribution is -2.30. The third kappa shape index (κ3) is 2.33. The average Bonchev–Trinajstić information content (AvgIpc) is 2.37. The fourth-order valence-corrected chi connectivity index (χ4v) is 1.82. The summed E-state index contributed by atoms with van der Waals surface area (Å²) >= 11 is 0. The summed E-state index contributed by atoms with van der Waals surface area (Å²) in [6.07, 6.45) is 3.62. The van der Waals surface area contributed by atoms with Crippen LogP contribution in [-0.2, 0) is 0 Å². The fourth-order valence-electron chi connectivity index (χ4n) is 1.82. The summed E-state index contributed by atoms with van der Waals surface area (Å²) in [6, 6.07) is 6.34. The number of nitrogens with one attached hydrogen (secondary N) is 1. The van der Waals surface area contributed by atoms with Gasteiger partial charge in [-0.25, -0.2) is 9.82 Å². The number of aromatic nitrogens is 1. The van der Waals surface area contributed by atoms with Crippen molar-refractivity contribution in [3.8, 4) is 0 Å². The van der Waals surface area contributed by atoms with E-state index in [2.05, 4.69) is 10.4 Å². The first-order chi connectivity index (χ1) is 8.63. The lowest BCUT2D eigenvalue weighted by molar-refractivity contribution is 0.627. The van der Waals surface area contributed by atoms with Crippen molar-refractivity contribution < 1.29 is 4.39 Å². The van der Waals surface area contributed by atoms with Crippen LogP contribution in [-0.4, -0.2) is 12.0 Å². The van der Waals surface area contributed by atoms with Crippen LogP contribution in [0, 0.1) is 19.7 Å². The smallest absolute Gasteiger partial charge is 0.123 e. The highest BCUT2D eigenvalue weighted by Gasteiger charge is 2.11. The number of anilines is 2. The van der Waals surface area contributed by atoms with E-state index in [1.54, 1.807) is 18.3 Å². The second-order valence-corrected chi connectivity index (χ2v) is 4.14. The molecule has 0 aliphatic heterocycles. The van der Waals surface area contributed by atoms with E-state index < -0.39 is 0 Å². The van der Waals surface area contributed by atoms with Crippen molar-refractivity contribution in [1.82, 2.24) is 10.4 Å². The predicted molar refractivity (Wildman–Crippen MR) is 71.3 cm³/mol. The SMILES string of the molecule is CNN(c1ccc(F)cc1)c1cncc(C)c1C. The van der Waals surface area contributed by atoms with Gasteiger partial charge < -0.3 is 0 Å². The Kier molecular flexibility index (Phi) is 3.58. The van der Waals surface area contributed by atoms with E-state index in [1.165, 1.54) is 12.1 Å². The summed E-state index contributed by atoms with van der Waals surface area (Å²) in [5.41, 5.74) is 7.19. The van der Waals surface area contributed by atoms with E-state index >= 15 is 0 Å². The Labute approximate surface area is 106 Å². The molecule has 2 aromatic rings. The molecule has 0 saturated carbocycles. The molecule has 1 heterocycles. The van der Waals surface area contributed by atoms with E-state index in [9.17, 15) is 4.39 Å². The summed E-state index contributed by atoms with van der Waals surface area (Å²) in [5, 5.41) is 1.88. The molecule has 4 heteroatoms. The van der Waals surface area contributed by atoms with Crippen LogP contribution in [0.4, 0.5) is 15.8 Å². The van der Waals surface area contributed by atoms with Crippen LogP contribution in [0.1, 0.15) is 11.1 Å². The van der Waals surface area contributed by atoms with E-state index in [-0.39, 0.29) is 5.82 Å². The summed E-state index contributed by atoms with van der Waals surface area (Å²) in [7, 11) is 1.82. The van der Waals surface area contributed by atoms with Crippen molar-refractivity contribution >= 4 is 11.4 Å². The van der Waals surface area contributed by atoms with Gasteiger partial charge in [-0.05, 0) is 49.2 Å². The highest BCUT2D eigenvalue weighted by Crippen LogP contribution is 2.27. The standard InChI is InChI=1S/C14H16FN3/c1-10-8-17-9-14(11(10)2)18(16-3)13-6-4-12(15)5-7-13/h4-9,16H,1-3H3. The summed E-state index contributed by atoms with van der Waals surface area (Å²) in [6.45, 7) is 4.06. The van der Waals surface area contributed by atoms with Gasteiger partial charge in [-0.15, -0.1) is 0 Å². The Morgan fingerprint density at radius 2 is 1.78 bits per heavy atom. The molecule has 1 aromatic carbocycles. The van der Waals surface area contributed by atoms with Gasteiger partial charge in [0.2, 0.25) is 0 Å². The van der Waals surface area contributed by atoms with Crippen molar-refractivity contribution in [3.63, 3.8) is 0 Å². The maximum atomic E-state index is 12.9. The first-order valence-electron chi connectivity index (χ1n) is 5.77. The lowest BCUT2D eigenvalue weighted by atomic mass is 10.1. The normalized spacial score (nSPS) is 10.4. The third-order valence-corrected chi connectivity index (χ3v) is 2.99. The zero-order chi connectivity index (χ0) is 13.1. The minimum absolute atomic E-state index is 0.242. The number of hydrazine groups is 1. The number of aryl methyl sites for hydroxylation is 1. The second-order valence-electron chi connectivity index (χ2n) is 4.14. The molecule has 0 aliphatic rings. The summed E-state index contributed by atoms with van der Waals surface area (Å²) in [4.78, 5) is 4.20. The molecule has 2 rings (SSSR count). The fraction of sp³-hybridized carbons (Fsp3) is 0.214. The Bertz CT molecular complexity index is 537. The van der Waals surface area contributed by atoms with Crippen LogP contribution in [0.3, 0.4) is 0 Å². The van der Waals surface area contributed by atoms with Crippen molar-refractivity contribution in [1.29, 1.82) is 0 Å².